The SMILES string of the molecule is CN(C)S(=O)(=O)c1cccc(C(=O)N2CCCC[C@@H]2C(=O)Nc2ccc(Cl)c(Cl)c2)c1. The molecule has 0 saturated carbocycles. The number of carbonyl (C=O) groups is 2. The molecule has 2 aromatic rings. The maximum absolute atomic E-state index is 13.2. The van der Waals surface area contributed by atoms with E-state index in [2.05, 4.69) is 5.32 Å². The molecule has 2 amide bonds. The van der Waals surface area contributed by atoms with Crippen LogP contribution in [0.5, 0.6) is 0 Å². The molecule has 2 aromatic carbocycles. The number of anilines is 1. The van der Waals surface area contributed by atoms with Crippen LogP contribution in [-0.4, -0.2) is 56.1 Å². The molecule has 1 heterocycles. The van der Waals surface area contributed by atoms with Crippen molar-refractivity contribution in [3.05, 3.63) is 58.1 Å². The smallest absolute Gasteiger partial charge is 0.254 e. The van der Waals surface area contributed by atoms with E-state index in [1.165, 1.54) is 37.2 Å². The van der Waals surface area contributed by atoms with E-state index in [1.54, 1.807) is 24.3 Å². The molecule has 0 bridgehead atoms. The molecule has 0 aromatic heterocycles. The zero-order valence-electron chi connectivity index (χ0n) is 17.1. The van der Waals surface area contributed by atoms with Crippen LogP contribution in [0.4, 0.5) is 5.69 Å². The zero-order chi connectivity index (χ0) is 22.8. The summed E-state index contributed by atoms with van der Waals surface area (Å²) in [6.45, 7) is 0.406. The second-order valence-corrected chi connectivity index (χ2v) is 10.4. The number of sulfonamides is 1. The molecule has 1 saturated heterocycles. The number of hydrogen-bond donors (Lipinski definition) is 1. The third-order valence-corrected chi connectivity index (χ3v) is 7.66. The summed E-state index contributed by atoms with van der Waals surface area (Å²) < 4.78 is 25.9. The van der Waals surface area contributed by atoms with Crippen LogP contribution in [-0.2, 0) is 14.8 Å². The van der Waals surface area contributed by atoms with Crippen LogP contribution < -0.4 is 5.32 Å². The molecule has 7 nitrogen and oxygen atoms in total. The lowest BCUT2D eigenvalue weighted by Gasteiger charge is -2.35. The van der Waals surface area contributed by atoms with Crippen molar-refractivity contribution in [3.63, 3.8) is 0 Å². The van der Waals surface area contributed by atoms with Gasteiger partial charge in [0, 0.05) is 31.9 Å². The molecule has 0 spiro atoms. The highest BCUT2D eigenvalue weighted by atomic mass is 35.5. The normalized spacial score (nSPS) is 16.9. The van der Waals surface area contributed by atoms with Gasteiger partial charge in [-0.15, -0.1) is 0 Å². The minimum atomic E-state index is -3.68. The van der Waals surface area contributed by atoms with Gasteiger partial charge in [-0.05, 0) is 55.7 Å². The lowest BCUT2D eigenvalue weighted by Crippen LogP contribution is -2.50. The van der Waals surface area contributed by atoms with Gasteiger partial charge in [0.25, 0.3) is 5.91 Å². The Morgan fingerprint density at radius 1 is 1.06 bits per heavy atom. The predicted molar refractivity (Wildman–Crippen MR) is 121 cm³/mol. The first-order valence-corrected chi connectivity index (χ1v) is 11.9. The first kappa shape index (κ1) is 23.5. The van der Waals surface area contributed by atoms with Gasteiger partial charge in [0.1, 0.15) is 6.04 Å². The number of likely N-dealkylation sites (tertiary alicyclic amines) is 1. The summed E-state index contributed by atoms with van der Waals surface area (Å²) in [4.78, 5) is 27.7. The fourth-order valence-electron chi connectivity index (χ4n) is 3.41. The standard InChI is InChI=1S/C21H23Cl2N3O4S/c1-25(2)31(29,30)16-7-5-6-14(12-16)21(28)26-11-4-3-8-19(26)20(27)24-15-9-10-17(22)18(23)13-15/h5-7,9-10,12-13,19H,3-4,8,11H2,1-2H3,(H,24,27)/t19-/m1/s1. The van der Waals surface area contributed by atoms with E-state index < -0.39 is 16.1 Å². The largest absolute Gasteiger partial charge is 0.327 e. The van der Waals surface area contributed by atoms with Crippen LogP contribution in [0.3, 0.4) is 0 Å². The van der Waals surface area contributed by atoms with Crippen LogP contribution in [0.1, 0.15) is 29.6 Å². The van der Waals surface area contributed by atoms with E-state index in [9.17, 15) is 18.0 Å². The molecule has 31 heavy (non-hydrogen) atoms. The van der Waals surface area contributed by atoms with Crippen LogP contribution in [0.15, 0.2) is 47.4 Å². The van der Waals surface area contributed by atoms with Crippen molar-refractivity contribution in [2.24, 2.45) is 0 Å². The molecule has 1 atom stereocenters. The molecular weight excluding hydrogens is 461 g/mol. The van der Waals surface area contributed by atoms with E-state index in [-0.39, 0.29) is 22.3 Å². The number of halogens is 2. The van der Waals surface area contributed by atoms with E-state index in [0.717, 1.165) is 17.1 Å². The number of benzene rings is 2. The quantitative estimate of drug-likeness (QED) is 0.698. The van der Waals surface area contributed by atoms with Crippen molar-refractivity contribution >= 4 is 50.7 Å². The third-order valence-electron chi connectivity index (χ3n) is 5.11. The van der Waals surface area contributed by atoms with Crippen molar-refractivity contribution in [3.8, 4) is 0 Å². The Labute approximate surface area is 192 Å². The number of nitrogens with zero attached hydrogens (tertiary/aromatic N) is 2. The Balaban J connectivity index is 1.84. The Morgan fingerprint density at radius 3 is 2.48 bits per heavy atom. The monoisotopic (exact) mass is 483 g/mol. The van der Waals surface area contributed by atoms with E-state index in [1.807, 2.05) is 0 Å². The summed E-state index contributed by atoms with van der Waals surface area (Å²) in [5, 5.41) is 3.48. The van der Waals surface area contributed by atoms with Crippen LogP contribution in [0.2, 0.25) is 10.0 Å². The van der Waals surface area contributed by atoms with Crippen LogP contribution in [0, 0.1) is 0 Å². The molecule has 3 rings (SSSR count). The second kappa shape index (κ2) is 9.56. The second-order valence-electron chi connectivity index (χ2n) is 7.44. The summed E-state index contributed by atoms with van der Waals surface area (Å²) in [7, 11) is -0.825. The zero-order valence-corrected chi connectivity index (χ0v) is 19.5. The lowest BCUT2D eigenvalue weighted by molar-refractivity contribution is -0.121. The van der Waals surface area contributed by atoms with E-state index in [4.69, 9.17) is 23.2 Å². The minimum absolute atomic E-state index is 0.0252. The number of amides is 2. The number of nitrogens with one attached hydrogen (secondary N) is 1. The van der Waals surface area contributed by atoms with E-state index >= 15 is 0 Å². The predicted octanol–water partition coefficient (Wildman–Crippen LogP) is 3.88. The highest BCUT2D eigenvalue weighted by Gasteiger charge is 2.33. The highest BCUT2D eigenvalue weighted by Crippen LogP contribution is 2.27. The summed E-state index contributed by atoms with van der Waals surface area (Å²) in [5.41, 5.74) is 0.702. The lowest BCUT2D eigenvalue weighted by atomic mass is 10.00. The minimum Gasteiger partial charge on any atom is -0.327 e. The average Bonchev–Trinajstić information content (AvgIpc) is 2.75. The maximum Gasteiger partial charge on any atom is 0.254 e. The molecule has 0 aliphatic carbocycles. The van der Waals surface area contributed by atoms with Gasteiger partial charge in [-0.1, -0.05) is 29.3 Å². The van der Waals surface area contributed by atoms with Gasteiger partial charge < -0.3 is 10.2 Å². The third kappa shape index (κ3) is 5.20. The average molecular weight is 484 g/mol. The first-order valence-electron chi connectivity index (χ1n) is 9.71. The van der Waals surface area contributed by atoms with Gasteiger partial charge in [-0.2, -0.15) is 0 Å². The van der Waals surface area contributed by atoms with Crippen LogP contribution in [0.25, 0.3) is 0 Å². The summed E-state index contributed by atoms with van der Waals surface area (Å²) in [6, 6.07) is 9.96. The molecule has 166 valence electrons. The van der Waals surface area contributed by atoms with Crippen molar-refractivity contribution in [1.29, 1.82) is 0 Å². The summed E-state index contributed by atoms with van der Waals surface area (Å²) >= 11 is 11.9. The number of piperidine rings is 1. The number of rotatable bonds is 5. The van der Waals surface area contributed by atoms with Crippen molar-refractivity contribution < 1.29 is 18.0 Å². The van der Waals surface area contributed by atoms with Gasteiger partial charge in [-0.25, -0.2) is 12.7 Å². The van der Waals surface area contributed by atoms with E-state index in [0.29, 0.717) is 28.7 Å². The molecule has 1 fully saturated rings. The van der Waals surface area contributed by atoms with Gasteiger partial charge in [0.05, 0.1) is 14.9 Å². The molecular formula is C21H23Cl2N3O4S. The van der Waals surface area contributed by atoms with Gasteiger partial charge in [-0.3, -0.25) is 9.59 Å². The van der Waals surface area contributed by atoms with Gasteiger partial charge >= 0.3 is 0 Å². The Hall–Kier alpha value is -2.13. The van der Waals surface area contributed by atoms with Crippen LogP contribution >= 0.6 is 23.2 Å². The van der Waals surface area contributed by atoms with Crippen molar-refractivity contribution in [2.45, 2.75) is 30.2 Å². The van der Waals surface area contributed by atoms with Gasteiger partial charge in [0.2, 0.25) is 15.9 Å². The fraction of sp³-hybridized carbons (Fsp3) is 0.333. The highest BCUT2D eigenvalue weighted by molar-refractivity contribution is 7.89. The molecule has 0 radical (unpaired) electrons. The molecule has 0 unspecified atom stereocenters. The Bertz CT molecular complexity index is 1110. The summed E-state index contributed by atoms with van der Waals surface area (Å²) in [5.74, 6) is -0.715. The fourth-order valence-corrected chi connectivity index (χ4v) is 4.66. The number of carbonyl (C=O) groups excluding carboxylic acids is 2. The summed E-state index contributed by atoms with van der Waals surface area (Å²) in [6.07, 6.45) is 2.07. The maximum atomic E-state index is 13.2. The molecule has 1 N–H and O–H groups in total. The van der Waals surface area contributed by atoms with Gasteiger partial charge in [0.15, 0.2) is 0 Å². The molecule has 1 aliphatic rings. The molecule has 1 aliphatic heterocycles. The Kier molecular flexibility index (Phi) is 7.26. The number of hydrogen-bond acceptors (Lipinski definition) is 4. The van der Waals surface area contributed by atoms with Crippen molar-refractivity contribution in [1.82, 2.24) is 9.21 Å². The Morgan fingerprint density at radius 2 is 1.81 bits per heavy atom. The topological polar surface area (TPSA) is 86.8 Å². The van der Waals surface area contributed by atoms with Crippen molar-refractivity contribution in [2.75, 3.05) is 26.0 Å². The first-order chi connectivity index (χ1) is 14.6. The molecule has 10 heteroatoms.